The molecule has 3 N–H and O–H groups in total. The SMILES string of the molecule is CC1C2C[C@@H](N(c3cc(C(C)(C)C)sc3C(=O)O)C(=O)[C@H]3CC[C@H](C)CC3)CC[C@@H]2OC(=O)[C@H]1N. The van der Waals surface area contributed by atoms with Gasteiger partial charge in [0.05, 0.1) is 5.69 Å². The number of esters is 1. The summed E-state index contributed by atoms with van der Waals surface area (Å²) in [4.78, 5) is 41.7. The number of fused-ring (bicyclic) bond motifs is 1. The van der Waals surface area contributed by atoms with E-state index in [1.165, 1.54) is 11.3 Å². The number of hydrogen-bond donors (Lipinski definition) is 2. The summed E-state index contributed by atoms with van der Waals surface area (Å²) in [6.07, 6.45) is 5.51. The molecule has 2 unspecified atom stereocenters. The predicted octanol–water partition coefficient (Wildman–Crippen LogP) is 4.96. The fourth-order valence-electron chi connectivity index (χ4n) is 6.08. The van der Waals surface area contributed by atoms with Gasteiger partial charge < -0.3 is 20.5 Å². The number of rotatable bonds is 4. The highest BCUT2D eigenvalue weighted by Crippen LogP contribution is 2.45. The van der Waals surface area contributed by atoms with Gasteiger partial charge in [0, 0.05) is 22.8 Å². The highest BCUT2D eigenvalue weighted by Gasteiger charge is 2.47. The molecule has 2 aliphatic carbocycles. The van der Waals surface area contributed by atoms with Gasteiger partial charge >= 0.3 is 11.9 Å². The molecular weight excluding hydrogens is 464 g/mol. The Morgan fingerprint density at radius 1 is 1.11 bits per heavy atom. The van der Waals surface area contributed by atoms with E-state index in [9.17, 15) is 19.5 Å². The Balaban J connectivity index is 1.72. The molecule has 3 fully saturated rings. The number of anilines is 1. The number of carboxylic acid groups (broad SMARTS) is 1. The summed E-state index contributed by atoms with van der Waals surface area (Å²) < 4.78 is 5.65. The molecule has 5 atom stereocenters. The van der Waals surface area contributed by atoms with Crippen LogP contribution in [0.3, 0.4) is 0 Å². The van der Waals surface area contributed by atoms with Gasteiger partial charge in [-0.2, -0.15) is 0 Å². The topological polar surface area (TPSA) is 110 Å². The van der Waals surface area contributed by atoms with Crippen LogP contribution in [0.1, 0.15) is 94.1 Å². The van der Waals surface area contributed by atoms with E-state index in [4.69, 9.17) is 10.5 Å². The minimum atomic E-state index is -0.994. The Hall–Kier alpha value is -1.93. The van der Waals surface area contributed by atoms with Gasteiger partial charge in [-0.1, -0.05) is 34.6 Å². The van der Waals surface area contributed by atoms with Crippen molar-refractivity contribution in [2.24, 2.45) is 29.4 Å². The lowest BCUT2D eigenvalue weighted by atomic mass is 9.71. The lowest BCUT2D eigenvalue weighted by molar-refractivity contribution is -0.169. The molecule has 1 aromatic heterocycles. The molecule has 3 aliphatic rings. The van der Waals surface area contributed by atoms with Crippen LogP contribution >= 0.6 is 11.3 Å². The second kappa shape index (κ2) is 9.85. The molecule has 194 valence electrons. The number of carboxylic acids is 1. The van der Waals surface area contributed by atoms with E-state index in [2.05, 4.69) is 27.7 Å². The minimum Gasteiger partial charge on any atom is -0.477 e. The third-order valence-corrected chi connectivity index (χ3v) is 10.00. The third kappa shape index (κ3) is 5.15. The third-order valence-electron chi connectivity index (χ3n) is 8.46. The van der Waals surface area contributed by atoms with E-state index in [0.717, 1.165) is 30.6 Å². The van der Waals surface area contributed by atoms with Gasteiger partial charge in [0.15, 0.2) is 0 Å². The number of nitrogens with two attached hydrogens (primary N) is 1. The van der Waals surface area contributed by atoms with Crippen LogP contribution in [0.15, 0.2) is 6.07 Å². The van der Waals surface area contributed by atoms with Crippen molar-refractivity contribution in [3.63, 3.8) is 0 Å². The summed E-state index contributed by atoms with van der Waals surface area (Å²) in [6.45, 7) is 10.4. The molecule has 0 radical (unpaired) electrons. The van der Waals surface area contributed by atoms with Crippen LogP contribution in [-0.4, -0.2) is 41.1 Å². The zero-order valence-corrected chi connectivity index (χ0v) is 22.4. The van der Waals surface area contributed by atoms with Crippen molar-refractivity contribution in [3.05, 3.63) is 15.8 Å². The molecule has 7 nitrogen and oxygen atoms in total. The minimum absolute atomic E-state index is 0.0471. The molecule has 35 heavy (non-hydrogen) atoms. The van der Waals surface area contributed by atoms with E-state index in [1.807, 2.05) is 17.9 Å². The van der Waals surface area contributed by atoms with Crippen LogP contribution < -0.4 is 10.6 Å². The first-order chi connectivity index (χ1) is 16.4. The van der Waals surface area contributed by atoms with Crippen LogP contribution in [0.4, 0.5) is 5.69 Å². The van der Waals surface area contributed by atoms with Crippen molar-refractivity contribution in [1.29, 1.82) is 0 Å². The first-order valence-electron chi connectivity index (χ1n) is 13.0. The normalized spacial score (nSPS) is 33.5. The number of thiophene rings is 1. The zero-order valence-electron chi connectivity index (χ0n) is 21.6. The predicted molar refractivity (Wildman–Crippen MR) is 137 cm³/mol. The van der Waals surface area contributed by atoms with Gasteiger partial charge in [0.25, 0.3) is 0 Å². The molecule has 2 saturated carbocycles. The monoisotopic (exact) mass is 504 g/mol. The van der Waals surface area contributed by atoms with Gasteiger partial charge in [-0.15, -0.1) is 11.3 Å². The maximum atomic E-state index is 14.1. The molecule has 0 spiro atoms. The fraction of sp³-hybridized carbons (Fsp3) is 0.741. The van der Waals surface area contributed by atoms with E-state index in [1.54, 1.807) is 0 Å². The lowest BCUT2D eigenvalue weighted by Crippen LogP contribution is -2.57. The van der Waals surface area contributed by atoms with Crippen LogP contribution in [0.5, 0.6) is 0 Å². The van der Waals surface area contributed by atoms with E-state index < -0.39 is 12.0 Å². The number of ether oxygens (including phenoxy) is 1. The van der Waals surface area contributed by atoms with Gasteiger partial charge in [-0.3, -0.25) is 9.59 Å². The molecule has 8 heteroatoms. The number of carbonyl (C=O) groups excluding carboxylic acids is 2. The molecule has 0 bridgehead atoms. The van der Waals surface area contributed by atoms with Gasteiger partial charge in [0.1, 0.15) is 17.0 Å². The first-order valence-corrected chi connectivity index (χ1v) is 13.9. The largest absolute Gasteiger partial charge is 0.477 e. The van der Waals surface area contributed by atoms with Crippen LogP contribution in [0, 0.1) is 23.7 Å². The van der Waals surface area contributed by atoms with E-state index in [-0.39, 0.29) is 52.1 Å². The van der Waals surface area contributed by atoms with Crippen molar-refractivity contribution in [2.45, 2.75) is 103 Å². The van der Waals surface area contributed by atoms with Crippen molar-refractivity contribution < 1.29 is 24.2 Å². The lowest BCUT2D eigenvalue weighted by Gasteiger charge is -2.47. The average molecular weight is 505 g/mol. The number of carbonyl (C=O) groups is 3. The standard InChI is InChI=1S/C27H40N2O5S/c1-14-6-8-16(9-7-14)24(30)29(19-13-21(27(3,4)5)35-23(19)25(31)32)17-10-11-20-18(12-17)15(2)22(28)26(33)34-20/h13-18,20,22H,6-12,28H2,1-5H3,(H,31,32)/t14-,15?,16-,17-,18?,20-,22-/m0/s1. The van der Waals surface area contributed by atoms with E-state index >= 15 is 0 Å². The molecule has 1 amide bonds. The highest BCUT2D eigenvalue weighted by molar-refractivity contribution is 7.14. The molecule has 4 rings (SSSR count). The smallest absolute Gasteiger partial charge is 0.348 e. The second-order valence-corrected chi connectivity index (χ2v) is 13.1. The van der Waals surface area contributed by atoms with Gasteiger partial charge in [-0.05, 0) is 68.3 Å². The summed E-state index contributed by atoms with van der Waals surface area (Å²) in [5, 5.41) is 10.1. The Labute approximate surface area is 212 Å². The highest BCUT2D eigenvalue weighted by atomic mass is 32.1. The fourth-order valence-corrected chi connectivity index (χ4v) is 7.13. The molecule has 1 aromatic rings. The van der Waals surface area contributed by atoms with Gasteiger partial charge in [0.2, 0.25) is 5.91 Å². The van der Waals surface area contributed by atoms with Crippen molar-refractivity contribution in [2.75, 3.05) is 4.90 Å². The molecule has 1 saturated heterocycles. The summed E-state index contributed by atoms with van der Waals surface area (Å²) in [6, 6.07) is 1.12. The molecular formula is C27H40N2O5S. The van der Waals surface area contributed by atoms with Crippen LogP contribution in [0.2, 0.25) is 0 Å². The Bertz CT molecular complexity index is 973. The quantitative estimate of drug-likeness (QED) is 0.561. The number of aromatic carboxylic acids is 1. The number of amides is 1. The van der Waals surface area contributed by atoms with Gasteiger partial charge in [-0.25, -0.2) is 4.79 Å². The molecule has 2 heterocycles. The maximum absolute atomic E-state index is 14.1. The van der Waals surface area contributed by atoms with E-state index in [0.29, 0.717) is 30.9 Å². The summed E-state index contributed by atoms with van der Waals surface area (Å²) in [7, 11) is 0. The van der Waals surface area contributed by atoms with Crippen LogP contribution in [0.25, 0.3) is 0 Å². The number of nitrogens with zero attached hydrogens (tertiary/aromatic N) is 1. The number of hydrogen-bond acceptors (Lipinski definition) is 6. The second-order valence-electron chi connectivity index (χ2n) is 12.0. The van der Waals surface area contributed by atoms with Crippen molar-refractivity contribution in [1.82, 2.24) is 0 Å². The van der Waals surface area contributed by atoms with Crippen LogP contribution in [-0.2, 0) is 19.7 Å². The molecule has 1 aliphatic heterocycles. The Morgan fingerprint density at radius 2 is 1.77 bits per heavy atom. The van der Waals surface area contributed by atoms with Crippen molar-refractivity contribution >= 4 is 34.9 Å². The first kappa shape index (κ1) is 26.1. The Morgan fingerprint density at radius 3 is 2.37 bits per heavy atom. The Kier molecular flexibility index (Phi) is 7.36. The summed E-state index contributed by atoms with van der Waals surface area (Å²) in [5.74, 6) is -0.766. The zero-order chi connectivity index (χ0) is 25.7. The maximum Gasteiger partial charge on any atom is 0.348 e. The summed E-state index contributed by atoms with van der Waals surface area (Å²) >= 11 is 1.27. The molecule has 0 aromatic carbocycles. The summed E-state index contributed by atoms with van der Waals surface area (Å²) in [5.41, 5.74) is 6.44. The average Bonchev–Trinajstić information content (AvgIpc) is 3.24. The van der Waals surface area contributed by atoms with Crippen molar-refractivity contribution in [3.8, 4) is 0 Å².